The van der Waals surface area contributed by atoms with E-state index in [1.807, 2.05) is 0 Å². The second kappa shape index (κ2) is 8.70. The molecule has 0 saturated carbocycles. The molecule has 0 aliphatic carbocycles. The van der Waals surface area contributed by atoms with Gasteiger partial charge in [-0.05, 0) is 31.0 Å². The van der Waals surface area contributed by atoms with Gasteiger partial charge in [-0.15, -0.1) is 0 Å². The molecule has 3 heterocycles. The van der Waals surface area contributed by atoms with Crippen molar-refractivity contribution in [1.82, 2.24) is 4.90 Å². The molecule has 2 fully saturated rings. The van der Waals surface area contributed by atoms with Crippen LogP contribution in [-0.4, -0.2) is 61.2 Å². The van der Waals surface area contributed by atoms with Crippen molar-refractivity contribution in [2.24, 2.45) is 0 Å². The van der Waals surface area contributed by atoms with E-state index in [4.69, 9.17) is 9.15 Å². The summed E-state index contributed by atoms with van der Waals surface area (Å²) in [6.45, 7) is 2.69. The minimum absolute atomic E-state index is 0.0131. The zero-order chi connectivity index (χ0) is 21.1. The molecule has 1 N–H and O–H groups in total. The van der Waals surface area contributed by atoms with Gasteiger partial charge >= 0.3 is 0 Å². The molecule has 30 heavy (non-hydrogen) atoms. The number of hydrogen-bond donors (Lipinski definition) is 1. The number of carbonyl (C=O) groups excluding carboxylic acids is 1. The van der Waals surface area contributed by atoms with Crippen molar-refractivity contribution >= 4 is 23.0 Å². The Kier molecular flexibility index (Phi) is 5.84. The summed E-state index contributed by atoms with van der Waals surface area (Å²) in [6, 6.07) is 5.68. The van der Waals surface area contributed by atoms with Crippen LogP contribution in [0.3, 0.4) is 0 Å². The van der Waals surface area contributed by atoms with E-state index in [9.17, 15) is 19.3 Å². The van der Waals surface area contributed by atoms with Crippen molar-refractivity contribution in [2.75, 3.05) is 49.5 Å². The van der Waals surface area contributed by atoms with Crippen LogP contribution in [0.5, 0.6) is 0 Å². The first-order valence-corrected chi connectivity index (χ1v) is 9.94. The lowest BCUT2D eigenvalue weighted by molar-refractivity contribution is -0.384. The molecule has 0 spiro atoms. The van der Waals surface area contributed by atoms with E-state index in [0.717, 1.165) is 18.9 Å². The predicted octanol–water partition coefficient (Wildman–Crippen LogP) is 2.88. The third kappa shape index (κ3) is 4.23. The van der Waals surface area contributed by atoms with Crippen molar-refractivity contribution in [2.45, 2.75) is 18.9 Å². The number of nitro groups is 1. The highest BCUT2D eigenvalue weighted by atomic mass is 19.1. The van der Waals surface area contributed by atoms with Crippen LogP contribution in [0.25, 0.3) is 0 Å². The number of halogens is 1. The van der Waals surface area contributed by atoms with Crippen molar-refractivity contribution in [3.63, 3.8) is 0 Å². The summed E-state index contributed by atoms with van der Waals surface area (Å²) in [5.74, 6) is -0.626. The Labute approximate surface area is 172 Å². The molecule has 160 valence electrons. The van der Waals surface area contributed by atoms with Crippen molar-refractivity contribution in [3.8, 4) is 0 Å². The summed E-state index contributed by atoms with van der Waals surface area (Å²) in [5, 5.41) is 14.5. The molecule has 10 heteroatoms. The maximum atomic E-state index is 14.5. The van der Waals surface area contributed by atoms with Crippen LogP contribution in [0.4, 0.5) is 21.5 Å². The fraction of sp³-hybridized carbons (Fsp3) is 0.450. The first-order chi connectivity index (χ1) is 14.5. The second-order valence-electron chi connectivity index (χ2n) is 7.35. The molecule has 2 saturated heterocycles. The van der Waals surface area contributed by atoms with E-state index in [1.165, 1.54) is 12.3 Å². The first kappa shape index (κ1) is 20.1. The number of anilines is 2. The number of amides is 1. The number of hydrogen-bond acceptors (Lipinski definition) is 7. The van der Waals surface area contributed by atoms with E-state index < -0.39 is 10.7 Å². The Hall–Kier alpha value is -3.14. The van der Waals surface area contributed by atoms with Gasteiger partial charge in [0.25, 0.3) is 11.6 Å². The van der Waals surface area contributed by atoms with Gasteiger partial charge in [0.05, 0.1) is 29.0 Å². The van der Waals surface area contributed by atoms with Crippen molar-refractivity contribution < 1.29 is 23.3 Å². The summed E-state index contributed by atoms with van der Waals surface area (Å²) >= 11 is 0. The minimum atomic E-state index is -0.671. The van der Waals surface area contributed by atoms with E-state index in [2.05, 4.69) is 5.32 Å². The predicted molar refractivity (Wildman–Crippen MR) is 107 cm³/mol. The molecule has 1 aromatic carbocycles. The van der Waals surface area contributed by atoms with E-state index >= 15 is 0 Å². The number of nitro benzene ring substituents is 1. The van der Waals surface area contributed by atoms with Gasteiger partial charge in [0.15, 0.2) is 11.6 Å². The average molecular weight is 418 g/mol. The van der Waals surface area contributed by atoms with Crippen LogP contribution in [-0.2, 0) is 4.74 Å². The van der Waals surface area contributed by atoms with Gasteiger partial charge in [0, 0.05) is 39.3 Å². The Bertz CT molecular complexity index is 906. The topological polar surface area (TPSA) is 101 Å². The third-order valence-electron chi connectivity index (χ3n) is 5.44. The SMILES string of the molecule is O=C(c1ccco1)N1CCN(c2cc(NC[C@H]3CCCO3)c(F)cc2[N+](=O)[O-])CC1. The van der Waals surface area contributed by atoms with Crippen molar-refractivity contribution in [3.05, 3.63) is 52.2 Å². The summed E-state index contributed by atoms with van der Waals surface area (Å²) in [7, 11) is 0. The van der Waals surface area contributed by atoms with Crippen LogP contribution < -0.4 is 10.2 Å². The van der Waals surface area contributed by atoms with E-state index in [1.54, 1.807) is 21.9 Å². The van der Waals surface area contributed by atoms with Crippen LogP contribution in [0.2, 0.25) is 0 Å². The average Bonchev–Trinajstić information content (AvgIpc) is 3.46. The van der Waals surface area contributed by atoms with Gasteiger partial charge in [-0.2, -0.15) is 0 Å². The number of rotatable bonds is 6. The molecule has 9 nitrogen and oxygen atoms in total. The lowest BCUT2D eigenvalue weighted by atomic mass is 10.1. The molecule has 1 amide bonds. The Morgan fingerprint density at radius 2 is 2.10 bits per heavy atom. The molecular formula is C20H23FN4O5. The van der Waals surface area contributed by atoms with Gasteiger partial charge in [0.1, 0.15) is 5.69 Å². The van der Waals surface area contributed by atoms with Crippen LogP contribution in [0.15, 0.2) is 34.9 Å². The highest BCUT2D eigenvalue weighted by molar-refractivity contribution is 5.91. The summed E-state index contributed by atoms with van der Waals surface area (Å²) < 4.78 is 25.2. The molecular weight excluding hydrogens is 395 g/mol. The lowest BCUT2D eigenvalue weighted by Crippen LogP contribution is -2.48. The lowest BCUT2D eigenvalue weighted by Gasteiger charge is -2.35. The van der Waals surface area contributed by atoms with Crippen LogP contribution in [0.1, 0.15) is 23.4 Å². The molecule has 2 aliphatic rings. The quantitative estimate of drug-likeness (QED) is 0.569. The number of nitrogens with zero attached hydrogens (tertiary/aromatic N) is 3. The molecule has 2 aromatic rings. The number of ether oxygens (including phenoxy) is 1. The Morgan fingerprint density at radius 1 is 1.30 bits per heavy atom. The summed E-state index contributed by atoms with van der Waals surface area (Å²) in [5.41, 5.74) is 0.252. The van der Waals surface area contributed by atoms with Gasteiger partial charge in [0.2, 0.25) is 0 Å². The maximum Gasteiger partial charge on any atom is 0.295 e. The molecule has 0 bridgehead atoms. The molecule has 4 rings (SSSR count). The largest absolute Gasteiger partial charge is 0.459 e. The van der Waals surface area contributed by atoms with Gasteiger partial charge in [-0.3, -0.25) is 14.9 Å². The third-order valence-corrected chi connectivity index (χ3v) is 5.44. The van der Waals surface area contributed by atoms with Crippen LogP contribution in [0, 0.1) is 15.9 Å². The maximum absolute atomic E-state index is 14.5. The fourth-order valence-electron chi connectivity index (χ4n) is 3.82. The molecule has 1 atom stereocenters. The minimum Gasteiger partial charge on any atom is -0.459 e. The number of carbonyl (C=O) groups is 1. The highest BCUT2D eigenvalue weighted by Crippen LogP contribution is 2.34. The summed E-state index contributed by atoms with van der Waals surface area (Å²) in [6.07, 6.45) is 3.33. The number of furan rings is 1. The normalized spacial score (nSPS) is 19.2. The number of piperazine rings is 1. The van der Waals surface area contributed by atoms with Crippen LogP contribution >= 0.6 is 0 Å². The molecule has 0 unspecified atom stereocenters. The molecule has 2 aliphatic heterocycles. The Balaban J connectivity index is 1.48. The molecule has 0 radical (unpaired) electrons. The number of benzene rings is 1. The zero-order valence-corrected chi connectivity index (χ0v) is 16.4. The standard InChI is InChI=1S/C20H23FN4O5/c21-15-11-18(25(27)28)17(12-16(15)22-13-14-3-1-9-29-14)23-5-7-24(8-6-23)20(26)19-4-2-10-30-19/h2,4,10-12,14,22H,1,3,5-9,13H2/t14-/m1/s1. The van der Waals surface area contributed by atoms with E-state index in [0.29, 0.717) is 45.0 Å². The summed E-state index contributed by atoms with van der Waals surface area (Å²) in [4.78, 5) is 26.8. The van der Waals surface area contributed by atoms with Crippen molar-refractivity contribution in [1.29, 1.82) is 0 Å². The smallest absolute Gasteiger partial charge is 0.295 e. The van der Waals surface area contributed by atoms with E-state index in [-0.39, 0.29) is 29.1 Å². The molecule has 1 aromatic heterocycles. The first-order valence-electron chi connectivity index (χ1n) is 9.94. The number of nitrogens with one attached hydrogen (secondary N) is 1. The highest BCUT2D eigenvalue weighted by Gasteiger charge is 2.29. The van der Waals surface area contributed by atoms with Gasteiger partial charge < -0.3 is 24.3 Å². The Morgan fingerprint density at radius 3 is 2.73 bits per heavy atom. The monoisotopic (exact) mass is 418 g/mol. The van der Waals surface area contributed by atoms with Gasteiger partial charge in [-0.1, -0.05) is 0 Å². The second-order valence-corrected chi connectivity index (χ2v) is 7.35. The zero-order valence-electron chi connectivity index (χ0n) is 16.4. The fourth-order valence-corrected chi connectivity index (χ4v) is 3.82. The van der Waals surface area contributed by atoms with Gasteiger partial charge in [-0.25, -0.2) is 4.39 Å².